The Kier molecular flexibility index (Phi) is 2.98. The number of nitrogens with zero attached hydrogens (tertiary/aromatic N) is 1. The predicted octanol–water partition coefficient (Wildman–Crippen LogP) is 2.02. The van der Waals surface area contributed by atoms with Gasteiger partial charge in [0.2, 0.25) is 11.9 Å². The molecule has 0 spiro atoms. The van der Waals surface area contributed by atoms with Crippen LogP contribution in [0.15, 0.2) is 24.3 Å². The van der Waals surface area contributed by atoms with Crippen LogP contribution < -0.4 is 11.1 Å². The number of anilines is 1. The van der Waals surface area contributed by atoms with Crippen molar-refractivity contribution in [3.63, 3.8) is 0 Å². The van der Waals surface area contributed by atoms with Crippen molar-refractivity contribution in [2.45, 2.75) is 25.7 Å². The maximum Gasteiger partial charge on any atom is 0.227 e. The van der Waals surface area contributed by atoms with Gasteiger partial charge in [-0.15, -0.1) is 0 Å². The van der Waals surface area contributed by atoms with Crippen LogP contribution in [0.3, 0.4) is 0 Å². The van der Waals surface area contributed by atoms with Crippen molar-refractivity contribution in [2.24, 2.45) is 11.1 Å². The molecule has 1 fully saturated rings. The van der Waals surface area contributed by atoms with Crippen LogP contribution in [-0.4, -0.2) is 22.4 Å². The van der Waals surface area contributed by atoms with Gasteiger partial charge in [-0.2, -0.15) is 0 Å². The Labute approximate surface area is 111 Å². The molecule has 0 unspecified atom stereocenters. The normalized spacial score (nSPS) is 17.1. The third-order valence-corrected chi connectivity index (χ3v) is 4.03. The highest BCUT2D eigenvalue weighted by Crippen LogP contribution is 2.42. The van der Waals surface area contributed by atoms with E-state index in [-0.39, 0.29) is 11.3 Å². The molecule has 1 amide bonds. The largest absolute Gasteiger partial charge is 0.330 e. The Morgan fingerprint density at radius 1 is 1.42 bits per heavy atom. The van der Waals surface area contributed by atoms with Crippen molar-refractivity contribution in [3.05, 3.63) is 24.3 Å². The summed E-state index contributed by atoms with van der Waals surface area (Å²) in [6.45, 7) is 0.584. The van der Waals surface area contributed by atoms with E-state index in [9.17, 15) is 4.79 Å². The molecule has 0 aliphatic heterocycles. The van der Waals surface area contributed by atoms with Crippen LogP contribution in [0.25, 0.3) is 11.0 Å². The molecule has 1 saturated carbocycles. The highest BCUT2D eigenvalue weighted by Gasteiger charge is 2.37. The third-order valence-electron chi connectivity index (χ3n) is 4.03. The Balaban J connectivity index is 1.69. The van der Waals surface area contributed by atoms with Gasteiger partial charge in [-0.25, -0.2) is 4.98 Å². The Morgan fingerprint density at radius 3 is 2.84 bits per heavy atom. The maximum atomic E-state index is 12.0. The highest BCUT2D eigenvalue weighted by molar-refractivity contribution is 5.91. The Bertz CT molecular complexity index is 562. The molecular weight excluding hydrogens is 240 g/mol. The summed E-state index contributed by atoms with van der Waals surface area (Å²) in [5.74, 6) is 0.502. The summed E-state index contributed by atoms with van der Waals surface area (Å²) in [6.07, 6.45) is 3.77. The van der Waals surface area contributed by atoms with E-state index in [2.05, 4.69) is 15.3 Å². The zero-order valence-corrected chi connectivity index (χ0v) is 10.8. The number of benzene rings is 1. The molecule has 0 saturated heterocycles. The molecule has 5 heteroatoms. The number of nitrogens with one attached hydrogen (secondary N) is 2. The predicted molar refractivity (Wildman–Crippen MR) is 74.7 cm³/mol. The molecule has 0 bridgehead atoms. The van der Waals surface area contributed by atoms with Gasteiger partial charge >= 0.3 is 0 Å². The van der Waals surface area contributed by atoms with Crippen LogP contribution in [0.4, 0.5) is 5.95 Å². The Morgan fingerprint density at radius 2 is 2.21 bits per heavy atom. The van der Waals surface area contributed by atoms with Crippen LogP contribution in [-0.2, 0) is 4.79 Å². The number of H-pyrrole nitrogens is 1. The quantitative estimate of drug-likeness (QED) is 0.784. The molecule has 1 aromatic carbocycles. The zero-order valence-electron chi connectivity index (χ0n) is 10.8. The van der Waals surface area contributed by atoms with Crippen molar-refractivity contribution < 1.29 is 4.79 Å². The van der Waals surface area contributed by atoms with Gasteiger partial charge in [-0.05, 0) is 36.9 Å². The number of para-hydroxylation sites is 2. The molecular formula is C14H18N4O. The number of rotatable bonds is 4. The molecule has 1 aliphatic rings. The van der Waals surface area contributed by atoms with Crippen LogP contribution >= 0.6 is 0 Å². The lowest BCUT2D eigenvalue weighted by atomic mass is 9.66. The summed E-state index contributed by atoms with van der Waals surface area (Å²) in [5.41, 5.74) is 7.57. The Hall–Kier alpha value is -1.88. The molecule has 2 aromatic rings. The highest BCUT2D eigenvalue weighted by atomic mass is 16.1. The summed E-state index contributed by atoms with van der Waals surface area (Å²) in [7, 11) is 0. The summed E-state index contributed by atoms with van der Waals surface area (Å²) in [6, 6.07) is 7.70. The van der Waals surface area contributed by atoms with Gasteiger partial charge in [0, 0.05) is 6.42 Å². The van der Waals surface area contributed by atoms with E-state index in [0.29, 0.717) is 18.9 Å². The van der Waals surface area contributed by atoms with E-state index in [1.807, 2.05) is 24.3 Å². The van der Waals surface area contributed by atoms with Crippen molar-refractivity contribution in [2.75, 3.05) is 11.9 Å². The van der Waals surface area contributed by atoms with Crippen molar-refractivity contribution in [3.8, 4) is 0 Å². The summed E-state index contributed by atoms with van der Waals surface area (Å²) >= 11 is 0. The van der Waals surface area contributed by atoms with Gasteiger partial charge in [0.15, 0.2) is 0 Å². The fourth-order valence-corrected chi connectivity index (χ4v) is 2.66. The average molecular weight is 258 g/mol. The molecule has 19 heavy (non-hydrogen) atoms. The lowest BCUT2D eigenvalue weighted by Gasteiger charge is -2.40. The minimum Gasteiger partial charge on any atom is -0.330 e. The third kappa shape index (κ3) is 2.33. The lowest BCUT2D eigenvalue weighted by molar-refractivity contribution is -0.119. The SMILES string of the molecule is NCC1(CC(=O)Nc2nc3ccccc3[nH]2)CCC1. The fraction of sp³-hybridized carbons (Fsp3) is 0.429. The first-order valence-corrected chi connectivity index (χ1v) is 6.65. The van der Waals surface area contributed by atoms with Crippen molar-refractivity contribution in [1.82, 2.24) is 9.97 Å². The summed E-state index contributed by atoms with van der Waals surface area (Å²) in [5, 5.41) is 2.83. The van der Waals surface area contributed by atoms with Gasteiger partial charge in [0.1, 0.15) is 0 Å². The second-order valence-electron chi connectivity index (χ2n) is 5.39. The van der Waals surface area contributed by atoms with Gasteiger partial charge < -0.3 is 10.7 Å². The molecule has 1 heterocycles. The average Bonchev–Trinajstić information content (AvgIpc) is 2.75. The topological polar surface area (TPSA) is 83.8 Å². The first-order chi connectivity index (χ1) is 9.21. The molecule has 1 aliphatic carbocycles. The molecule has 0 atom stereocenters. The maximum absolute atomic E-state index is 12.0. The second-order valence-corrected chi connectivity index (χ2v) is 5.39. The monoisotopic (exact) mass is 258 g/mol. The summed E-state index contributed by atoms with van der Waals surface area (Å²) < 4.78 is 0. The van der Waals surface area contributed by atoms with Gasteiger partial charge in [-0.3, -0.25) is 10.1 Å². The van der Waals surface area contributed by atoms with Gasteiger partial charge in [0.05, 0.1) is 11.0 Å². The van der Waals surface area contributed by atoms with Crippen LogP contribution in [0.1, 0.15) is 25.7 Å². The minimum atomic E-state index is -0.00999. The number of aromatic amines is 1. The molecule has 3 rings (SSSR count). The van der Waals surface area contributed by atoms with Crippen molar-refractivity contribution in [1.29, 1.82) is 0 Å². The standard InChI is InChI=1S/C14H18N4O/c15-9-14(6-3-7-14)8-12(19)18-13-16-10-4-1-2-5-11(10)17-13/h1-2,4-5H,3,6-9,15H2,(H2,16,17,18,19). The number of carbonyl (C=O) groups excluding carboxylic acids is 1. The molecule has 5 nitrogen and oxygen atoms in total. The van der Waals surface area contributed by atoms with E-state index in [0.717, 1.165) is 23.9 Å². The van der Waals surface area contributed by atoms with Crippen LogP contribution in [0.2, 0.25) is 0 Å². The molecule has 100 valence electrons. The molecule has 1 aromatic heterocycles. The van der Waals surface area contributed by atoms with E-state index >= 15 is 0 Å². The minimum absolute atomic E-state index is 0.00999. The van der Waals surface area contributed by atoms with Crippen LogP contribution in [0, 0.1) is 5.41 Å². The number of nitrogens with two attached hydrogens (primary N) is 1. The number of aromatic nitrogens is 2. The number of fused-ring (bicyclic) bond motifs is 1. The number of carbonyl (C=O) groups is 1. The van der Waals surface area contributed by atoms with E-state index in [4.69, 9.17) is 5.73 Å². The van der Waals surface area contributed by atoms with E-state index in [1.54, 1.807) is 0 Å². The summed E-state index contributed by atoms with van der Waals surface area (Å²) in [4.78, 5) is 19.5. The zero-order chi connectivity index (χ0) is 13.3. The first kappa shape index (κ1) is 12.2. The van der Waals surface area contributed by atoms with Gasteiger partial charge in [0.25, 0.3) is 0 Å². The second kappa shape index (κ2) is 4.66. The number of amides is 1. The lowest BCUT2D eigenvalue weighted by Crippen LogP contribution is -2.40. The first-order valence-electron chi connectivity index (χ1n) is 6.65. The van der Waals surface area contributed by atoms with Crippen molar-refractivity contribution >= 4 is 22.9 Å². The molecule has 4 N–H and O–H groups in total. The van der Waals surface area contributed by atoms with Crippen LogP contribution in [0.5, 0.6) is 0 Å². The van der Waals surface area contributed by atoms with Gasteiger partial charge in [-0.1, -0.05) is 18.6 Å². The smallest absolute Gasteiger partial charge is 0.227 e. The van der Waals surface area contributed by atoms with E-state index in [1.165, 1.54) is 6.42 Å². The van der Waals surface area contributed by atoms with E-state index < -0.39 is 0 Å². The number of hydrogen-bond donors (Lipinski definition) is 3. The molecule has 0 radical (unpaired) electrons. The fourth-order valence-electron chi connectivity index (χ4n) is 2.66. The number of hydrogen-bond acceptors (Lipinski definition) is 3. The number of imidazole rings is 1.